The van der Waals surface area contributed by atoms with Gasteiger partial charge in [0.2, 0.25) is 5.91 Å². The van der Waals surface area contributed by atoms with E-state index >= 15 is 0 Å². The van der Waals surface area contributed by atoms with Gasteiger partial charge in [0.1, 0.15) is 0 Å². The van der Waals surface area contributed by atoms with Gasteiger partial charge in [0.05, 0.1) is 28.9 Å². The molecule has 140 valence electrons. The summed E-state index contributed by atoms with van der Waals surface area (Å²) < 4.78 is 0. The molecule has 2 heterocycles. The van der Waals surface area contributed by atoms with Gasteiger partial charge in [-0.2, -0.15) is 0 Å². The van der Waals surface area contributed by atoms with Crippen molar-refractivity contribution in [1.82, 2.24) is 4.90 Å². The fourth-order valence-electron chi connectivity index (χ4n) is 3.75. The molecule has 2 aliphatic rings. The van der Waals surface area contributed by atoms with Crippen molar-refractivity contribution in [2.75, 3.05) is 36.0 Å². The molecule has 2 aromatic carbocycles. The molecule has 2 amide bonds. The summed E-state index contributed by atoms with van der Waals surface area (Å²) in [6, 6.07) is 14.2. The number of para-hydroxylation sites is 1. The van der Waals surface area contributed by atoms with Crippen LogP contribution >= 0.6 is 23.2 Å². The molecular formula is C20H19Cl2N3O2. The lowest BCUT2D eigenvalue weighted by molar-refractivity contribution is -0.123. The van der Waals surface area contributed by atoms with E-state index in [1.807, 2.05) is 24.3 Å². The lowest BCUT2D eigenvalue weighted by Crippen LogP contribution is -2.52. The highest BCUT2D eigenvalue weighted by Gasteiger charge is 2.43. The average Bonchev–Trinajstić information content (AvgIpc) is 2.97. The number of hydrogen-bond donors (Lipinski definition) is 0. The van der Waals surface area contributed by atoms with Gasteiger partial charge in [-0.15, -0.1) is 0 Å². The Labute approximate surface area is 168 Å². The van der Waals surface area contributed by atoms with Crippen molar-refractivity contribution in [2.24, 2.45) is 0 Å². The van der Waals surface area contributed by atoms with E-state index in [4.69, 9.17) is 23.2 Å². The molecule has 0 N–H and O–H groups in total. The molecule has 2 aliphatic heterocycles. The van der Waals surface area contributed by atoms with Crippen LogP contribution in [-0.2, 0) is 9.59 Å². The van der Waals surface area contributed by atoms with E-state index in [-0.39, 0.29) is 18.2 Å². The number of piperazine rings is 1. The lowest BCUT2D eigenvalue weighted by atomic mass is 10.1. The van der Waals surface area contributed by atoms with E-state index < -0.39 is 6.04 Å². The highest BCUT2D eigenvalue weighted by Crippen LogP contribution is 2.29. The minimum atomic E-state index is -0.401. The standard InChI is InChI=1S/C20H19Cl2N3O2/c21-14-5-7-15(8-6-14)25-19(26)13-18(20(25)27)24-11-9-23(10-12-24)17-4-2-1-3-16(17)22/h1-8,18H,9-13H2/t18-/m1/s1. The smallest absolute Gasteiger partial charge is 0.251 e. The Hall–Kier alpha value is -2.08. The van der Waals surface area contributed by atoms with Gasteiger partial charge in [-0.25, -0.2) is 4.90 Å². The third-order valence-corrected chi connectivity index (χ3v) is 5.73. The zero-order valence-corrected chi connectivity index (χ0v) is 16.2. The molecule has 2 fully saturated rings. The summed E-state index contributed by atoms with van der Waals surface area (Å²) in [5.74, 6) is -0.325. The molecule has 0 bridgehead atoms. The zero-order valence-electron chi connectivity index (χ0n) is 14.6. The Kier molecular flexibility index (Phi) is 5.08. The number of nitrogens with zero attached hydrogens (tertiary/aromatic N) is 3. The van der Waals surface area contributed by atoms with Crippen LogP contribution in [0.4, 0.5) is 11.4 Å². The van der Waals surface area contributed by atoms with Gasteiger partial charge < -0.3 is 4.90 Å². The summed E-state index contributed by atoms with van der Waals surface area (Å²) >= 11 is 12.2. The van der Waals surface area contributed by atoms with E-state index in [1.165, 1.54) is 4.90 Å². The van der Waals surface area contributed by atoms with Gasteiger partial charge in [0.15, 0.2) is 0 Å². The van der Waals surface area contributed by atoms with Crippen LogP contribution in [0.5, 0.6) is 0 Å². The minimum Gasteiger partial charge on any atom is -0.368 e. The maximum absolute atomic E-state index is 12.9. The maximum atomic E-state index is 12.9. The molecule has 0 unspecified atom stereocenters. The number of amides is 2. The molecule has 27 heavy (non-hydrogen) atoms. The molecule has 5 nitrogen and oxygen atoms in total. The van der Waals surface area contributed by atoms with Crippen molar-refractivity contribution >= 4 is 46.4 Å². The first kappa shape index (κ1) is 18.3. The quantitative estimate of drug-likeness (QED) is 0.736. The summed E-state index contributed by atoms with van der Waals surface area (Å²) in [6.07, 6.45) is 0.216. The van der Waals surface area contributed by atoms with Crippen molar-refractivity contribution < 1.29 is 9.59 Å². The number of imide groups is 1. The number of anilines is 2. The van der Waals surface area contributed by atoms with E-state index in [2.05, 4.69) is 9.80 Å². The summed E-state index contributed by atoms with van der Waals surface area (Å²) in [5.41, 5.74) is 1.59. The number of hydrogen-bond acceptors (Lipinski definition) is 4. The zero-order chi connectivity index (χ0) is 19.0. The topological polar surface area (TPSA) is 43.9 Å². The second-order valence-electron chi connectivity index (χ2n) is 6.74. The first-order chi connectivity index (χ1) is 13.0. The Bertz CT molecular complexity index is 864. The maximum Gasteiger partial charge on any atom is 0.251 e. The molecule has 0 spiro atoms. The number of benzene rings is 2. The van der Waals surface area contributed by atoms with Crippen LogP contribution in [-0.4, -0.2) is 48.9 Å². The monoisotopic (exact) mass is 403 g/mol. The van der Waals surface area contributed by atoms with Gasteiger partial charge in [-0.05, 0) is 36.4 Å². The molecular weight excluding hydrogens is 385 g/mol. The molecule has 2 saturated heterocycles. The Morgan fingerprint density at radius 3 is 2.19 bits per heavy atom. The summed E-state index contributed by atoms with van der Waals surface area (Å²) in [7, 11) is 0. The number of halogens is 2. The van der Waals surface area contributed by atoms with Gasteiger partial charge in [0.25, 0.3) is 5.91 Å². The van der Waals surface area contributed by atoms with Crippen LogP contribution in [0.3, 0.4) is 0 Å². The fraction of sp³-hybridized carbons (Fsp3) is 0.300. The Balaban J connectivity index is 1.44. The summed E-state index contributed by atoms with van der Waals surface area (Å²) in [5, 5.41) is 1.30. The molecule has 4 rings (SSSR count). The molecule has 2 aromatic rings. The molecule has 0 aliphatic carbocycles. The molecule has 7 heteroatoms. The van der Waals surface area contributed by atoms with E-state index in [0.717, 1.165) is 23.8 Å². The Morgan fingerprint density at radius 1 is 0.852 bits per heavy atom. The Morgan fingerprint density at radius 2 is 1.52 bits per heavy atom. The van der Waals surface area contributed by atoms with Crippen LogP contribution in [0.2, 0.25) is 10.0 Å². The molecule has 0 saturated carbocycles. The van der Waals surface area contributed by atoms with Crippen LogP contribution < -0.4 is 9.80 Å². The largest absolute Gasteiger partial charge is 0.368 e. The van der Waals surface area contributed by atoms with Crippen molar-refractivity contribution in [1.29, 1.82) is 0 Å². The van der Waals surface area contributed by atoms with Crippen molar-refractivity contribution in [2.45, 2.75) is 12.5 Å². The van der Waals surface area contributed by atoms with Gasteiger partial charge >= 0.3 is 0 Å². The first-order valence-corrected chi connectivity index (χ1v) is 9.66. The average molecular weight is 404 g/mol. The first-order valence-electron chi connectivity index (χ1n) is 8.90. The normalized spacial score (nSPS) is 21.2. The van der Waals surface area contributed by atoms with Gasteiger partial charge in [-0.3, -0.25) is 14.5 Å². The van der Waals surface area contributed by atoms with Gasteiger partial charge in [0, 0.05) is 31.2 Å². The number of carbonyl (C=O) groups excluding carboxylic acids is 2. The molecule has 0 radical (unpaired) electrons. The fourth-order valence-corrected chi connectivity index (χ4v) is 4.13. The van der Waals surface area contributed by atoms with Crippen molar-refractivity contribution in [3.05, 3.63) is 58.6 Å². The van der Waals surface area contributed by atoms with E-state index in [1.54, 1.807) is 24.3 Å². The minimum absolute atomic E-state index is 0.159. The van der Waals surface area contributed by atoms with Gasteiger partial charge in [-0.1, -0.05) is 35.3 Å². The van der Waals surface area contributed by atoms with Crippen LogP contribution in [0.15, 0.2) is 48.5 Å². The van der Waals surface area contributed by atoms with Crippen LogP contribution in [0.1, 0.15) is 6.42 Å². The lowest BCUT2D eigenvalue weighted by Gasteiger charge is -2.38. The second-order valence-corrected chi connectivity index (χ2v) is 7.58. The van der Waals surface area contributed by atoms with Crippen LogP contribution in [0, 0.1) is 0 Å². The van der Waals surface area contributed by atoms with Crippen molar-refractivity contribution in [3.63, 3.8) is 0 Å². The highest BCUT2D eigenvalue weighted by atomic mass is 35.5. The predicted molar refractivity (Wildman–Crippen MR) is 108 cm³/mol. The predicted octanol–water partition coefficient (Wildman–Crippen LogP) is 3.45. The van der Waals surface area contributed by atoms with Crippen molar-refractivity contribution in [3.8, 4) is 0 Å². The highest BCUT2D eigenvalue weighted by molar-refractivity contribution is 6.33. The summed E-state index contributed by atoms with van der Waals surface area (Å²) in [4.78, 5) is 31.0. The number of rotatable bonds is 3. The SMILES string of the molecule is O=C1C[C@@H](N2CCN(c3ccccc3Cl)CC2)C(=O)N1c1ccc(Cl)cc1. The third-order valence-electron chi connectivity index (χ3n) is 5.16. The second kappa shape index (κ2) is 7.50. The summed E-state index contributed by atoms with van der Waals surface area (Å²) in [6.45, 7) is 2.96. The molecule has 0 aromatic heterocycles. The van der Waals surface area contributed by atoms with E-state index in [9.17, 15) is 9.59 Å². The number of carbonyl (C=O) groups is 2. The third kappa shape index (κ3) is 3.55. The van der Waals surface area contributed by atoms with E-state index in [0.29, 0.717) is 23.8 Å². The van der Waals surface area contributed by atoms with Crippen LogP contribution in [0.25, 0.3) is 0 Å². The molecule has 1 atom stereocenters.